The molecule has 3 saturated heterocycles. The number of carbonyl (C=O) groups excluding carboxylic acids is 1. The lowest BCUT2D eigenvalue weighted by Crippen LogP contribution is -2.53. The molecule has 3 aliphatic heterocycles. The molecule has 3 fully saturated rings. The van der Waals surface area contributed by atoms with Gasteiger partial charge in [0.15, 0.2) is 0 Å². The van der Waals surface area contributed by atoms with E-state index in [1.165, 1.54) is 24.1 Å². The zero-order chi connectivity index (χ0) is 18.7. The van der Waals surface area contributed by atoms with Crippen molar-refractivity contribution in [2.24, 2.45) is 5.92 Å². The lowest BCUT2D eigenvalue weighted by atomic mass is 9.78. The summed E-state index contributed by atoms with van der Waals surface area (Å²) in [6.07, 6.45) is -3.24. The number of benzene rings is 1. The predicted molar refractivity (Wildman–Crippen MR) is 89.3 cm³/mol. The Bertz CT molecular complexity index is 809. The Balaban J connectivity index is 1.71. The average Bonchev–Trinajstić information content (AvgIpc) is 3.30. The Morgan fingerprint density at radius 3 is 2.88 bits per heavy atom. The lowest BCUT2D eigenvalue weighted by Gasteiger charge is -2.32. The summed E-state index contributed by atoms with van der Waals surface area (Å²) in [5, 5.41) is 11.6. The number of halogens is 3. The van der Waals surface area contributed by atoms with Crippen LogP contribution >= 0.6 is 11.9 Å². The van der Waals surface area contributed by atoms with Crippen LogP contribution in [0, 0.1) is 17.2 Å². The highest BCUT2D eigenvalue weighted by Gasteiger charge is 2.68. The van der Waals surface area contributed by atoms with Crippen LogP contribution in [-0.4, -0.2) is 36.5 Å². The Morgan fingerprint density at radius 1 is 1.46 bits per heavy atom. The van der Waals surface area contributed by atoms with E-state index in [1.807, 2.05) is 0 Å². The zero-order valence-electron chi connectivity index (χ0n) is 13.8. The third-order valence-corrected chi connectivity index (χ3v) is 7.09. The van der Waals surface area contributed by atoms with Crippen molar-refractivity contribution in [2.45, 2.75) is 36.0 Å². The Hall–Kier alpha value is -1.92. The van der Waals surface area contributed by atoms with E-state index in [9.17, 15) is 18.0 Å². The molecule has 9 heteroatoms. The molecule has 0 aromatic heterocycles. The number of nitriles is 1. The van der Waals surface area contributed by atoms with Gasteiger partial charge in [0.1, 0.15) is 4.75 Å². The highest BCUT2D eigenvalue weighted by Crippen LogP contribution is 2.59. The minimum atomic E-state index is -4.61. The predicted octanol–water partition coefficient (Wildman–Crippen LogP) is 2.71. The van der Waals surface area contributed by atoms with E-state index in [4.69, 9.17) is 10.00 Å². The molecule has 0 radical (unpaired) electrons. The van der Waals surface area contributed by atoms with E-state index in [1.54, 1.807) is 17.4 Å². The summed E-state index contributed by atoms with van der Waals surface area (Å²) in [4.78, 5) is 12.6. The first kappa shape index (κ1) is 17.5. The number of anilines is 1. The van der Waals surface area contributed by atoms with Gasteiger partial charge in [-0.05, 0) is 43.0 Å². The summed E-state index contributed by atoms with van der Waals surface area (Å²) in [5.41, 5.74) is -1.02. The van der Waals surface area contributed by atoms with Gasteiger partial charge in [-0.1, -0.05) is 0 Å². The van der Waals surface area contributed by atoms with E-state index >= 15 is 0 Å². The van der Waals surface area contributed by atoms with Crippen LogP contribution in [0.2, 0.25) is 0 Å². The number of nitrogens with zero attached hydrogens (tertiary/aromatic N) is 2. The Labute approximate surface area is 152 Å². The number of fused-ring (bicyclic) bond motifs is 5. The second kappa shape index (κ2) is 5.79. The standard InChI is InChI=1S/C17H16F3N3O2S/c1-22-15(24)16-12(13-4-5-14(16)25-13)8-23(26-16)10-3-2-9(7-21)11(6-10)17(18,19)20/h2-3,6,12-14H,4-5,8H2,1H3,(H,22,24)/t12-,13+,14-,16-/m0/s1. The van der Waals surface area contributed by atoms with Crippen LogP contribution in [0.4, 0.5) is 18.9 Å². The van der Waals surface area contributed by atoms with Gasteiger partial charge in [0, 0.05) is 25.2 Å². The molecular formula is C17H16F3N3O2S. The Kier molecular flexibility index (Phi) is 3.90. The number of nitrogens with one attached hydrogen (secondary N) is 1. The molecule has 5 nitrogen and oxygen atoms in total. The molecule has 1 aromatic carbocycles. The van der Waals surface area contributed by atoms with Gasteiger partial charge in [-0.15, -0.1) is 0 Å². The number of ether oxygens (including phenoxy) is 1. The summed E-state index contributed by atoms with van der Waals surface area (Å²) in [6.45, 7) is 0.433. The molecule has 4 atom stereocenters. The normalized spacial score (nSPS) is 32.4. The quantitative estimate of drug-likeness (QED) is 0.796. The van der Waals surface area contributed by atoms with Crippen LogP contribution in [0.3, 0.4) is 0 Å². The first-order valence-electron chi connectivity index (χ1n) is 8.27. The van der Waals surface area contributed by atoms with Crippen molar-refractivity contribution in [1.82, 2.24) is 5.32 Å². The van der Waals surface area contributed by atoms with Gasteiger partial charge in [-0.2, -0.15) is 18.4 Å². The largest absolute Gasteiger partial charge is 0.417 e. The van der Waals surface area contributed by atoms with Crippen LogP contribution in [0.25, 0.3) is 0 Å². The van der Waals surface area contributed by atoms with Crippen molar-refractivity contribution in [3.05, 3.63) is 29.3 Å². The molecule has 0 aliphatic carbocycles. The minimum absolute atomic E-state index is 0.0460. The fourth-order valence-electron chi connectivity index (χ4n) is 4.30. The molecule has 0 unspecified atom stereocenters. The molecule has 1 aromatic rings. The van der Waals surface area contributed by atoms with Crippen molar-refractivity contribution in [1.29, 1.82) is 5.26 Å². The van der Waals surface area contributed by atoms with Crippen LogP contribution in [-0.2, 0) is 15.7 Å². The molecule has 26 heavy (non-hydrogen) atoms. The molecule has 1 amide bonds. The maximum atomic E-state index is 13.3. The van der Waals surface area contributed by atoms with Crippen LogP contribution in [0.5, 0.6) is 0 Å². The van der Waals surface area contributed by atoms with Crippen LogP contribution in [0.1, 0.15) is 24.0 Å². The van der Waals surface area contributed by atoms with Crippen molar-refractivity contribution in [2.75, 3.05) is 17.9 Å². The lowest BCUT2D eigenvalue weighted by molar-refractivity contribution is -0.137. The zero-order valence-corrected chi connectivity index (χ0v) is 14.7. The van der Waals surface area contributed by atoms with Gasteiger partial charge >= 0.3 is 6.18 Å². The molecule has 0 saturated carbocycles. The smallest absolute Gasteiger partial charge is 0.372 e. The molecule has 3 heterocycles. The van der Waals surface area contributed by atoms with Gasteiger partial charge in [-0.3, -0.25) is 4.79 Å². The van der Waals surface area contributed by atoms with Crippen molar-refractivity contribution in [3.63, 3.8) is 0 Å². The number of amides is 1. The third kappa shape index (κ3) is 2.32. The SMILES string of the molecule is CNC(=O)[C@]12SN(c3ccc(C#N)c(C(F)(F)F)c3)C[C@H]1[C@H]1CC[C@@H]2O1. The average molecular weight is 383 g/mol. The summed E-state index contributed by atoms with van der Waals surface area (Å²) < 4.78 is 46.7. The number of hydrogen-bond acceptors (Lipinski definition) is 5. The number of hydrogen-bond donors (Lipinski definition) is 1. The molecule has 4 rings (SSSR count). The summed E-state index contributed by atoms with van der Waals surface area (Å²) in [5.74, 6) is -0.219. The fraction of sp³-hybridized carbons (Fsp3) is 0.529. The molecule has 2 bridgehead atoms. The molecule has 1 N–H and O–H groups in total. The number of rotatable bonds is 2. The van der Waals surface area contributed by atoms with Gasteiger partial charge in [0.25, 0.3) is 0 Å². The summed E-state index contributed by atoms with van der Waals surface area (Å²) in [6, 6.07) is 5.27. The van der Waals surface area contributed by atoms with Crippen molar-refractivity contribution in [3.8, 4) is 6.07 Å². The first-order chi connectivity index (χ1) is 12.3. The maximum absolute atomic E-state index is 13.3. The van der Waals surface area contributed by atoms with Crippen LogP contribution < -0.4 is 9.62 Å². The summed E-state index contributed by atoms with van der Waals surface area (Å²) in [7, 11) is 1.56. The topological polar surface area (TPSA) is 65.4 Å². The third-order valence-electron chi connectivity index (χ3n) is 5.45. The van der Waals surface area contributed by atoms with Crippen molar-refractivity contribution < 1.29 is 22.7 Å². The van der Waals surface area contributed by atoms with Crippen LogP contribution in [0.15, 0.2) is 18.2 Å². The highest BCUT2D eigenvalue weighted by atomic mass is 32.2. The van der Waals surface area contributed by atoms with E-state index < -0.39 is 22.1 Å². The van der Waals surface area contributed by atoms with E-state index in [-0.39, 0.29) is 24.0 Å². The molecular weight excluding hydrogens is 367 g/mol. The maximum Gasteiger partial charge on any atom is 0.417 e. The fourth-order valence-corrected chi connectivity index (χ4v) is 5.95. The summed E-state index contributed by atoms with van der Waals surface area (Å²) >= 11 is 1.26. The van der Waals surface area contributed by atoms with Crippen molar-refractivity contribution >= 4 is 23.5 Å². The molecule has 0 spiro atoms. The number of alkyl halides is 3. The monoisotopic (exact) mass is 383 g/mol. The highest BCUT2D eigenvalue weighted by molar-refractivity contribution is 8.03. The molecule has 138 valence electrons. The van der Waals surface area contributed by atoms with Gasteiger partial charge in [0.2, 0.25) is 5.91 Å². The van der Waals surface area contributed by atoms with Gasteiger partial charge in [0.05, 0.1) is 29.4 Å². The van der Waals surface area contributed by atoms with E-state index in [0.29, 0.717) is 12.2 Å². The van der Waals surface area contributed by atoms with E-state index in [2.05, 4.69) is 5.32 Å². The van der Waals surface area contributed by atoms with Gasteiger partial charge < -0.3 is 14.4 Å². The first-order valence-corrected chi connectivity index (χ1v) is 9.04. The van der Waals surface area contributed by atoms with E-state index in [0.717, 1.165) is 18.9 Å². The van der Waals surface area contributed by atoms with Gasteiger partial charge in [-0.25, -0.2) is 0 Å². The molecule has 3 aliphatic rings. The second-order valence-electron chi connectivity index (χ2n) is 6.71. The second-order valence-corrected chi connectivity index (χ2v) is 8.01. The number of carbonyl (C=O) groups is 1. The Morgan fingerprint density at radius 2 is 2.23 bits per heavy atom. The minimum Gasteiger partial charge on any atom is -0.372 e.